The zero-order chi connectivity index (χ0) is 13.1. The van der Waals surface area contributed by atoms with Crippen molar-refractivity contribution in [3.63, 3.8) is 0 Å². The van der Waals surface area contributed by atoms with Gasteiger partial charge in [-0.3, -0.25) is 0 Å². The maximum Gasteiger partial charge on any atom is 0.573 e. The van der Waals surface area contributed by atoms with Crippen molar-refractivity contribution in [3.8, 4) is 11.8 Å². The predicted molar refractivity (Wildman–Crippen MR) is 46.9 cm³/mol. The van der Waals surface area contributed by atoms with Gasteiger partial charge in [-0.15, -0.1) is 13.2 Å². The van der Waals surface area contributed by atoms with Crippen molar-refractivity contribution in [2.45, 2.75) is 12.8 Å². The monoisotopic (exact) mass is 247 g/mol. The molecule has 0 aromatic carbocycles. The molecule has 9 heteroatoms. The number of ether oxygens (including phenoxy) is 1. The minimum Gasteiger partial charge on any atom is -0.401 e. The molecule has 0 aliphatic heterocycles. The normalized spacial score (nSPS) is 10.7. The van der Waals surface area contributed by atoms with Gasteiger partial charge in [-0.25, -0.2) is 0 Å². The lowest BCUT2D eigenvalue weighted by atomic mass is 10.2. The SMILES string of the molecule is N#CCc1nc([N+](=O)[O-])ccc1OC(F)(F)F. The van der Waals surface area contributed by atoms with Crippen molar-refractivity contribution in [3.05, 3.63) is 27.9 Å². The number of rotatable bonds is 3. The second kappa shape index (κ2) is 4.65. The fraction of sp³-hybridized carbons (Fsp3) is 0.250. The Hall–Kier alpha value is -2.37. The summed E-state index contributed by atoms with van der Waals surface area (Å²) in [6.07, 6.45) is -5.46. The van der Waals surface area contributed by atoms with Crippen LogP contribution in [0.2, 0.25) is 0 Å². The van der Waals surface area contributed by atoms with Gasteiger partial charge in [0.2, 0.25) is 5.69 Å². The molecule has 1 heterocycles. The zero-order valence-electron chi connectivity index (χ0n) is 8.06. The van der Waals surface area contributed by atoms with Crippen molar-refractivity contribution in [2.24, 2.45) is 0 Å². The van der Waals surface area contributed by atoms with Crippen molar-refractivity contribution in [1.82, 2.24) is 4.98 Å². The summed E-state index contributed by atoms with van der Waals surface area (Å²) >= 11 is 0. The van der Waals surface area contributed by atoms with Crippen LogP contribution in [0, 0.1) is 21.4 Å². The van der Waals surface area contributed by atoms with Crippen molar-refractivity contribution < 1.29 is 22.8 Å². The predicted octanol–water partition coefficient (Wildman–Crippen LogP) is 1.95. The third-order valence-corrected chi connectivity index (χ3v) is 1.58. The van der Waals surface area contributed by atoms with Gasteiger partial charge in [-0.05, 0) is 16.0 Å². The van der Waals surface area contributed by atoms with Gasteiger partial charge in [0, 0.05) is 6.07 Å². The molecule has 0 spiro atoms. The molecule has 0 aliphatic carbocycles. The molecule has 17 heavy (non-hydrogen) atoms. The van der Waals surface area contributed by atoms with Crippen molar-refractivity contribution >= 4 is 5.82 Å². The van der Waals surface area contributed by atoms with Crippen LogP contribution in [-0.4, -0.2) is 16.3 Å². The highest BCUT2D eigenvalue weighted by molar-refractivity contribution is 5.35. The summed E-state index contributed by atoms with van der Waals surface area (Å²) in [7, 11) is 0. The van der Waals surface area contributed by atoms with Crippen LogP contribution < -0.4 is 4.74 Å². The molecule has 0 radical (unpaired) electrons. The number of hydrogen-bond acceptors (Lipinski definition) is 5. The van der Waals surface area contributed by atoms with Crippen LogP contribution in [0.25, 0.3) is 0 Å². The average Bonchev–Trinajstić information content (AvgIpc) is 2.18. The van der Waals surface area contributed by atoms with Crippen LogP contribution in [0.15, 0.2) is 12.1 Å². The van der Waals surface area contributed by atoms with Gasteiger partial charge in [0.25, 0.3) is 0 Å². The molecule has 0 N–H and O–H groups in total. The average molecular weight is 247 g/mol. The molecule has 0 amide bonds. The molecule has 1 aromatic heterocycles. The molecule has 0 fully saturated rings. The summed E-state index contributed by atoms with van der Waals surface area (Å²) in [6, 6.07) is 3.06. The van der Waals surface area contributed by atoms with E-state index in [1.54, 1.807) is 6.07 Å². The fourth-order valence-electron chi connectivity index (χ4n) is 0.998. The number of nitriles is 1. The summed E-state index contributed by atoms with van der Waals surface area (Å²) in [5, 5.41) is 18.7. The lowest BCUT2D eigenvalue weighted by Crippen LogP contribution is -2.18. The van der Waals surface area contributed by atoms with Crippen LogP contribution in [-0.2, 0) is 6.42 Å². The highest BCUT2D eigenvalue weighted by atomic mass is 19.4. The van der Waals surface area contributed by atoms with Crippen LogP contribution in [0.4, 0.5) is 19.0 Å². The quantitative estimate of drug-likeness (QED) is 0.601. The fourth-order valence-corrected chi connectivity index (χ4v) is 0.998. The Morgan fingerprint density at radius 3 is 2.65 bits per heavy atom. The Labute approximate surface area is 92.4 Å². The number of halogens is 3. The number of pyridine rings is 1. The van der Waals surface area contributed by atoms with Crippen LogP contribution in [0.3, 0.4) is 0 Å². The summed E-state index contributed by atoms with van der Waals surface area (Å²) < 4.78 is 39.4. The van der Waals surface area contributed by atoms with E-state index in [2.05, 4.69) is 9.72 Å². The summed E-state index contributed by atoms with van der Waals surface area (Å²) in [5.41, 5.74) is -0.431. The highest BCUT2D eigenvalue weighted by Crippen LogP contribution is 2.27. The lowest BCUT2D eigenvalue weighted by Gasteiger charge is -2.08. The molecule has 0 atom stereocenters. The van der Waals surface area contributed by atoms with Gasteiger partial charge in [0.15, 0.2) is 5.75 Å². The Bertz CT molecular complexity index is 481. The maximum absolute atomic E-state index is 12.0. The van der Waals surface area contributed by atoms with Gasteiger partial charge in [-0.1, -0.05) is 0 Å². The van der Waals surface area contributed by atoms with E-state index in [1.165, 1.54) is 0 Å². The first kappa shape index (κ1) is 12.7. The van der Waals surface area contributed by atoms with E-state index in [0.717, 1.165) is 12.1 Å². The molecular formula is C8H4F3N3O3. The van der Waals surface area contributed by atoms with E-state index in [1.807, 2.05) is 0 Å². The Morgan fingerprint density at radius 2 is 2.18 bits per heavy atom. The van der Waals surface area contributed by atoms with Crippen LogP contribution in [0.1, 0.15) is 5.69 Å². The second-order valence-electron chi connectivity index (χ2n) is 2.75. The smallest absolute Gasteiger partial charge is 0.401 e. The molecular weight excluding hydrogens is 243 g/mol. The van der Waals surface area contributed by atoms with Crippen LogP contribution in [0.5, 0.6) is 5.75 Å². The van der Waals surface area contributed by atoms with Crippen molar-refractivity contribution in [1.29, 1.82) is 5.26 Å². The zero-order valence-corrected chi connectivity index (χ0v) is 8.06. The number of aromatic nitrogens is 1. The van der Waals surface area contributed by atoms with E-state index in [-0.39, 0.29) is 0 Å². The number of nitrogens with zero attached hydrogens (tertiary/aromatic N) is 3. The molecule has 0 unspecified atom stereocenters. The van der Waals surface area contributed by atoms with Crippen LogP contribution >= 0.6 is 0 Å². The summed E-state index contributed by atoms with van der Waals surface area (Å²) in [4.78, 5) is 12.8. The minimum absolute atomic E-state index is 0.431. The third-order valence-electron chi connectivity index (χ3n) is 1.58. The first-order valence-electron chi connectivity index (χ1n) is 4.10. The van der Waals surface area contributed by atoms with Gasteiger partial charge < -0.3 is 14.9 Å². The van der Waals surface area contributed by atoms with Gasteiger partial charge in [-0.2, -0.15) is 5.26 Å². The molecule has 90 valence electrons. The lowest BCUT2D eigenvalue weighted by molar-refractivity contribution is -0.389. The van der Waals surface area contributed by atoms with Gasteiger partial charge in [0.1, 0.15) is 6.42 Å². The summed E-state index contributed by atoms with van der Waals surface area (Å²) in [6.45, 7) is 0. The van der Waals surface area contributed by atoms with Gasteiger partial charge in [0.05, 0.1) is 6.07 Å². The molecule has 0 aliphatic rings. The Kier molecular flexibility index (Phi) is 3.47. The topological polar surface area (TPSA) is 89.0 Å². The number of nitro groups is 1. The van der Waals surface area contributed by atoms with E-state index < -0.39 is 35.0 Å². The molecule has 1 rings (SSSR count). The highest BCUT2D eigenvalue weighted by Gasteiger charge is 2.33. The largest absolute Gasteiger partial charge is 0.573 e. The van der Waals surface area contributed by atoms with Crippen molar-refractivity contribution in [2.75, 3.05) is 0 Å². The third kappa shape index (κ3) is 3.60. The van der Waals surface area contributed by atoms with E-state index in [0.29, 0.717) is 0 Å². The molecule has 1 aromatic rings. The molecule has 0 saturated carbocycles. The Balaban J connectivity index is 3.13. The van der Waals surface area contributed by atoms with Gasteiger partial charge >= 0.3 is 12.2 Å². The minimum atomic E-state index is -4.94. The Morgan fingerprint density at radius 1 is 1.53 bits per heavy atom. The standard InChI is InChI=1S/C8H4F3N3O3/c9-8(10,11)17-6-1-2-7(14(15)16)13-5(6)3-4-12/h1-2H,3H2. The number of hydrogen-bond donors (Lipinski definition) is 0. The number of alkyl halides is 3. The molecule has 0 bridgehead atoms. The van der Waals surface area contributed by atoms with E-state index >= 15 is 0 Å². The molecule has 0 saturated heterocycles. The first-order chi connectivity index (χ1) is 7.83. The first-order valence-corrected chi connectivity index (χ1v) is 4.10. The second-order valence-corrected chi connectivity index (χ2v) is 2.75. The summed E-state index contributed by atoms with van der Waals surface area (Å²) in [5.74, 6) is -1.37. The maximum atomic E-state index is 12.0. The molecule has 6 nitrogen and oxygen atoms in total. The van der Waals surface area contributed by atoms with E-state index in [4.69, 9.17) is 5.26 Å². The van der Waals surface area contributed by atoms with E-state index in [9.17, 15) is 23.3 Å².